The van der Waals surface area contributed by atoms with Gasteiger partial charge in [0, 0.05) is 6.21 Å². The van der Waals surface area contributed by atoms with Crippen molar-refractivity contribution >= 4 is 13.3 Å². The molecule has 1 heterocycles. The van der Waals surface area contributed by atoms with E-state index in [1.54, 1.807) is 0 Å². The number of allylic oxidation sites excluding steroid dienone is 2. The fourth-order valence-corrected chi connectivity index (χ4v) is 1.95. The van der Waals surface area contributed by atoms with Crippen molar-refractivity contribution < 1.29 is 9.31 Å². The molecular weight excluding hydrogens is 225 g/mol. The SMILES string of the molecule is CCCC/C(C)=C(\C=N)B1OC(C)(C)C(C)(C)O1. The first-order valence-electron chi connectivity index (χ1n) is 6.81. The summed E-state index contributed by atoms with van der Waals surface area (Å²) in [6, 6.07) is 0. The summed E-state index contributed by atoms with van der Waals surface area (Å²) in [6.07, 6.45) is 4.69. The van der Waals surface area contributed by atoms with Crippen LogP contribution in [0.25, 0.3) is 0 Å². The second-order valence-electron chi connectivity index (χ2n) is 6.07. The van der Waals surface area contributed by atoms with Crippen LogP contribution in [0.4, 0.5) is 0 Å². The van der Waals surface area contributed by atoms with Gasteiger partial charge in [-0.1, -0.05) is 18.9 Å². The van der Waals surface area contributed by atoms with E-state index in [0.29, 0.717) is 0 Å². The van der Waals surface area contributed by atoms with Crippen molar-refractivity contribution in [3.05, 3.63) is 11.0 Å². The quantitative estimate of drug-likeness (QED) is 0.596. The van der Waals surface area contributed by atoms with Gasteiger partial charge in [0.15, 0.2) is 0 Å². The van der Waals surface area contributed by atoms with Crippen molar-refractivity contribution in [3.63, 3.8) is 0 Å². The third-order valence-corrected chi connectivity index (χ3v) is 4.06. The zero-order chi connectivity index (χ0) is 14.0. The number of rotatable bonds is 5. The maximum atomic E-state index is 7.61. The molecule has 3 nitrogen and oxygen atoms in total. The van der Waals surface area contributed by atoms with E-state index in [1.165, 1.54) is 11.8 Å². The van der Waals surface area contributed by atoms with Crippen LogP contribution in [-0.2, 0) is 9.31 Å². The summed E-state index contributed by atoms with van der Waals surface area (Å²) >= 11 is 0. The van der Waals surface area contributed by atoms with Crippen molar-refractivity contribution in [1.82, 2.24) is 0 Å². The van der Waals surface area contributed by atoms with Crippen LogP contribution in [-0.4, -0.2) is 24.5 Å². The van der Waals surface area contributed by atoms with Crippen molar-refractivity contribution in [2.75, 3.05) is 0 Å². The van der Waals surface area contributed by atoms with Gasteiger partial charge >= 0.3 is 7.12 Å². The Morgan fingerprint density at radius 1 is 1.17 bits per heavy atom. The van der Waals surface area contributed by atoms with Gasteiger partial charge in [-0.15, -0.1) is 0 Å². The van der Waals surface area contributed by atoms with Gasteiger partial charge in [0.2, 0.25) is 0 Å². The molecule has 0 unspecified atom stereocenters. The third kappa shape index (κ3) is 3.04. The van der Waals surface area contributed by atoms with E-state index in [2.05, 4.69) is 13.8 Å². The summed E-state index contributed by atoms with van der Waals surface area (Å²) in [5, 5.41) is 7.61. The zero-order valence-corrected chi connectivity index (χ0v) is 12.6. The van der Waals surface area contributed by atoms with E-state index >= 15 is 0 Å². The molecule has 0 atom stereocenters. The zero-order valence-electron chi connectivity index (χ0n) is 12.6. The molecule has 0 aromatic carbocycles. The summed E-state index contributed by atoms with van der Waals surface area (Å²) in [6.45, 7) is 12.4. The number of hydrogen-bond acceptors (Lipinski definition) is 3. The normalized spacial score (nSPS) is 22.9. The first-order chi connectivity index (χ1) is 8.25. The monoisotopic (exact) mass is 251 g/mol. The smallest absolute Gasteiger partial charge is 0.399 e. The highest BCUT2D eigenvalue weighted by atomic mass is 16.7. The average Bonchev–Trinajstić information content (AvgIpc) is 2.46. The van der Waals surface area contributed by atoms with Crippen LogP contribution >= 0.6 is 0 Å². The molecule has 1 saturated heterocycles. The van der Waals surface area contributed by atoms with Gasteiger partial charge in [-0.05, 0) is 52.9 Å². The van der Waals surface area contributed by atoms with Gasteiger partial charge in [0.1, 0.15) is 0 Å². The van der Waals surface area contributed by atoms with Crippen LogP contribution in [0.15, 0.2) is 11.0 Å². The average molecular weight is 251 g/mol. The van der Waals surface area contributed by atoms with E-state index in [4.69, 9.17) is 14.7 Å². The van der Waals surface area contributed by atoms with Crippen LogP contribution in [0.3, 0.4) is 0 Å². The molecule has 4 heteroatoms. The molecule has 18 heavy (non-hydrogen) atoms. The molecule has 0 spiro atoms. The van der Waals surface area contributed by atoms with Gasteiger partial charge in [0.05, 0.1) is 11.2 Å². The highest BCUT2D eigenvalue weighted by molar-refractivity contribution is 6.60. The largest absolute Gasteiger partial charge is 0.496 e. The molecule has 1 aliphatic rings. The molecule has 0 radical (unpaired) electrons. The first-order valence-corrected chi connectivity index (χ1v) is 6.81. The lowest BCUT2D eigenvalue weighted by atomic mass is 9.75. The Hall–Kier alpha value is -0.605. The predicted octanol–water partition coefficient (Wildman–Crippen LogP) is 3.77. The third-order valence-electron chi connectivity index (χ3n) is 4.06. The molecule has 0 aliphatic carbocycles. The number of unbranched alkanes of at least 4 members (excludes halogenated alkanes) is 1. The van der Waals surface area contributed by atoms with Crippen LogP contribution in [0.1, 0.15) is 60.8 Å². The molecule has 0 saturated carbocycles. The summed E-state index contributed by atoms with van der Waals surface area (Å²) in [5.74, 6) is 0. The Morgan fingerprint density at radius 3 is 2.06 bits per heavy atom. The summed E-state index contributed by atoms with van der Waals surface area (Å²) < 4.78 is 12.0. The van der Waals surface area contributed by atoms with Crippen LogP contribution in [0, 0.1) is 5.41 Å². The summed E-state index contributed by atoms with van der Waals surface area (Å²) in [7, 11) is -0.399. The molecule has 1 aliphatic heterocycles. The number of nitrogens with one attached hydrogen (secondary N) is 1. The predicted molar refractivity (Wildman–Crippen MR) is 77.1 cm³/mol. The molecule has 0 aromatic rings. The Labute approximate surface area is 112 Å². The van der Waals surface area contributed by atoms with Crippen molar-refractivity contribution in [1.29, 1.82) is 5.41 Å². The standard InChI is InChI=1S/C14H26BNO2/c1-7-8-9-11(2)12(10-16)15-17-13(3,4)14(5,6)18-15/h10,16H,7-9H2,1-6H3/b12-11+,16-10?. The van der Waals surface area contributed by atoms with Crippen LogP contribution < -0.4 is 0 Å². The maximum absolute atomic E-state index is 7.61. The van der Waals surface area contributed by atoms with Gasteiger partial charge in [-0.3, -0.25) is 0 Å². The topological polar surface area (TPSA) is 42.3 Å². The van der Waals surface area contributed by atoms with E-state index in [1.807, 2.05) is 27.7 Å². The molecule has 1 fully saturated rings. The van der Waals surface area contributed by atoms with E-state index < -0.39 is 7.12 Å². The number of hydrogen-bond donors (Lipinski definition) is 1. The van der Waals surface area contributed by atoms with Gasteiger partial charge in [-0.2, -0.15) is 0 Å². The molecule has 102 valence electrons. The van der Waals surface area contributed by atoms with Gasteiger partial charge < -0.3 is 14.7 Å². The van der Waals surface area contributed by atoms with E-state index in [0.717, 1.165) is 24.7 Å². The minimum absolute atomic E-state index is 0.336. The highest BCUT2D eigenvalue weighted by Crippen LogP contribution is 2.38. The Kier molecular flexibility index (Phi) is 4.79. The van der Waals surface area contributed by atoms with Gasteiger partial charge in [-0.25, -0.2) is 0 Å². The van der Waals surface area contributed by atoms with Crippen molar-refractivity contribution in [3.8, 4) is 0 Å². The Balaban J connectivity index is 2.90. The van der Waals surface area contributed by atoms with Crippen LogP contribution in [0.2, 0.25) is 0 Å². The highest BCUT2D eigenvalue weighted by Gasteiger charge is 2.52. The van der Waals surface area contributed by atoms with Crippen molar-refractivity contribution in [2.45, 2.75) is 72.0 Å². The lowest BCUT2D eigenvalue weighted by molar-refractivity contribution is 0.00578. The molecular formula is C14H26BNO2. The molecule has 0 bridgehead atoms. The second-order valence-corrected chi connectivity index (χ2v) is 6.07. The summed E-state index contributed by atoms with van der Waals surface area (Å²) in [5.41, 5.74) is 1.40. The fourth-order valence-electron chi connectivity index (χ4n) is 1.95. The van der Waals surface area contributed by atoms with Crippen LogP contribution in [0.5, 0.6) is 0 Å². The molecule has 0 aromatic heterocycles. The molecule has 1 rings (SSSR count). The molecule has 1 N–H and O–H groups in total. The fraction of sp³-hybridized carbons (Fsp3) is 0.786. The van der Waals surface area contributed by atoms with Gasteiger partial charge in [0.25, 0.3) is 0 Å². The Bertz CT molecular complexity index is 332. The van der Waals surface area contributed by atoms with E-state index in [-0.39, 0.29) is 11.2 Å². The minimum Gasteiger partial charge on any atom is -0.399 e. The van der Waals surface area contributed by atoms with Crippen molar-refractivity contribution in [2.24, 2.45) is 0 Å². The summed E-state index contributed by atoms with van der Waals surface area (Å²) in [4.78, 5) is 0. The Morgan fingerprint density at radius 2 is 1.67 bits per heavy atom. The first kappa shape index (κ1) is 15.5. The van der Waals surface area contributed by atoms with E-state index in [9.17, 15) is 0 Å². The lowest BCUT2D eigenvalue weighted by Crippen LogP contribution is -2.41. The molecule has 0 amide bonds. The second kappa shape index (κ2) is 5.58. The minimum atomic E-state index is -0.399. The maximum Gasteiger partial charge on any atom is 0.496 e. The lowest BCUT2D eigenvalue weighted by Gasteiger charge is -2.32.